The molecule has 0 aromatic heterocycles. The van der Waals surface area contributed by atoms with Crippen molar-refractivity contribution in [3.8, 4) is 0 Å². The Morgan fingerprint density at radius 1 is 1.00 bits per heavy atom. The minimum atomic E-state index is -2.69. The highest BCUT2D eigenvalue weighted by atomic mass is 28.4. The first-order valence-electron chi connectivity index (χ1n) is 3.63. The van der Waals surface area contributed by atoms with Crippen molar-refractivity contribution in [3.63, 3.8) is 0 Å². The fourth-order valence-corrected chi connectivity index (χ4v) is 7.50. The van der Waals surface area contributed by atoms with Crippen molar-refractivity contribution in [2.24, 2.45) is 0 Å². The van der Waals surface area contributed by atoms with Crippen molar-refractivity contribution in [1.29, 1.82) is 0 Å². The van der Waals surface area contributed by atoms with Gasteiger partial charge in [-0.2, -0.15) is 0 Å². The normalized spacial score (nSPS) is 14.2. The molecule has 0 saturated heterocycles. The Morgan fingerprint density at radius 3 is 1.45 bits per heavy atom. The van der Waals surface area contributed by atoms with Gasteiger partial charge in [0.15, 0.2) is 8.32 Å². The van der Waals surface area contributed by atoms with E-state index in [-0.39, 0.29) is 0 Å². The average molecular weight is 198 g/mol. The molecule has 0 saturated carbocycles. The first-order valence-corrected chi connectivity index (χ1v) is 10.0. The van der Waals surface area contributed by atoms with Gasteiger partial charge in [-0.15, -0.1) is 0 Å². The summed E-state index contributed by atoms with van der Waals surface area (Å²) in [5.41, 5.74) is 0. The second-order valence-electron chi connectivity index (χ2n) is 4.12. The molecule has 0 heterocycles. The van der Waals surface area contributed by atoms with Crippen LogP contribution < -0.4 is 0 Å². The lowest BCUT2D eigenvalue weighted by Crippen LogP contribution is -2.48. The van der Waals surface area contributed by atoms with Gasteiger partial charge >= 0.3 is 0 Å². The summed E-state index contributed by atoms with van der Waals surface area (Å²) in [6, 6.07) is -2.27. The van der Waals surface area contributed by atoms with Crippen LogP contribution in [-0.4, -0.2) is 22.7 Å². The third-order valence-electron chi connectivity index (χ3n) is 1.09. The highest BCUT2D eigenvalue weighted by molar-refractivity contribution is 6.84. The zero-order valence-corrected chi connectivity index (χ0v) is 9.74. The molecule has 0 spiro atoms. The minimum absolute atomic E-state index is 1.57. The second-order valence-corrected chi connectivity index (χ2v) is 12.8. The molecule has 0 unspecified atom stereocenters. The molecule has 0 amide bonds. The molecule has 11 heavy (non-hydrogen) atoms. The van der Waals surface area contributed by atoms with E-state index in [2.05, 4.69) is 0 Å². The van der Waals surface area contributed by atoms with Crippen molar-refractivity contribution >= 4 is 16.6 Å². The molecule has 0 rings (SSSR count). The molecule has 0 N–H and O–H groups in total. The fourth-order valence-electron chi connectivity index (χ4n) is 0.834. The van der Waals surface area contributed by atoms with Crippen molar-refractivity contribution < 1.29 is 12.9 Å². The number of rotatable bonds is 3. The van der Waals surface area contributed by atoms with Gasteiger partial charge in [0.05, 0.1) is 0 Å². The van der Waals surface area contributed by atoms with Gasteiger partial charge in [0.25, 0.3) is 0 Å². The van der Waals surface area contributed by atoms with E-state index in [0.717, 1.165) is 0 Å². The third kappa shape index (κ3) is 4.65. The van der Waals surface area contributed by atoms with E-state index in [1.165, 1.54) is 0 Å². The molecule has 0 radical (unpaired) electrons. The Morgan fingerprint density at radius 2 is 1.36 bits per heavy atom. The lowest BCUT2D eigenvalue weighted by Gasteiger charge is -2.30. The highest BCUT2D eigenvalue weighted by Gasteiger charge is 2.38. The summed E-state index contributed by atoms with van der Waals surface area (Å²) in [5, 5.41) is 0. The smallest absolute Gasteiger partial charge is 0.250 e. The first kappa shape index (κ1) is 11.3. The molecule has 0 atom stereocenters. The zero-order valence-electron chi connectivity index (χ0n) is 7.74. The third-order valence-corrected chi connectivity index (χ3v) is 6.70. The zero-order chi connectivity index (χ0) is 9.28. The van der Waals surface area contributed by atoms with E-state index in [9.17, 15) is 8.78 Å². The standard InChI is InChI=1S/C6H16F2OSi2/c1-10(2,3)9-11(4,5)6(7)8/h6H,1-5H3. The van der Waals surface area contributed by atoms with Crippen LogP contribution in [0, 0.1) is 0 Å². The molecule has 1 nitrogen and oxygen atoms in total. The van der Waals surface area contributed by atoms with Crippen molar-refractivity contribution in [1.82, 2.24) is 0 Å². The summed E-state index contributed by atoms with van der Waals surface area (Å²) in [4.78, 5) is 0. The maximum Gasteiger partial charge on any atom is 0.250 e. The number of hydrogen-bond donors (Lipinski definition) is 0. The van der Waals surface area contributed by atoms with E-state index in [0.29, 0.717) is 0 Å². The molecule has 0 aromatic carbocycles. The summed E-state index contributed by atoms with van der Waals surface area (Å²) in [7, 11) is -4.46. The number of hydrogen-bond acceptors (Lipinski definition) is 1. The summed E-state index contributed by atoms with van der Waals surface area (Å²) in [5.74, 6) is 0. The Kier molecular flexibility index (Phi) is 3.40. The molecule has 68 valence electrons. The van der Waals surface area contributed by atoms with Gasteiger partial charge in [-0.05, 0) is 32.7 Å². The molecule has 0 aromatic rings. The van der Waals surface area contributed by atoms with E-state index in [4.69, 9.17) is 4.12 Å². The number of alkyl halides is 2. The molecule has 5 heteroatoms. The van der Waals surface area contributed by atoms with Crippen LogP contribution in [0.25, 0.3) is 0 Å². The SMILES string of the molecule is C[Si](C)(C)O[Si](C)(C)C(F)F. The maximum absolute atomic E-state index is 12.3. The molecular weight excluding hydrogens is 182 g/mol. The Hall–Kier alpha value is 0.254. The molecule has 0 aliphatic rings. The van der Waals surface area contributed by atoms with Crippen LogP contribution in [0.2, 0.25) is 32.7 Å². The van der Waals surface area contributed by atoms with E-state index in [1.54, 1.807) is 13.1 Å². The maximum atomic E-state index is 12.3. The molecule has 0 bridgehead atoms. The molecular formula is C6H16F2OSi2. The Labute approximate surface area is 69.0 Å². The molecule has 0 aliphatic heterocycles. The van der Waals surface area contributed by atoms with E-state index < -0.39 is 22.7 Å². The fraction of sp³-hybridized carbons (Fsp3) is 1.00. The van der Waals surface area contributed by atoms with E-state index >= 15 is 0 Å². The van der Waals surface area contributed by atoms with Gasteiger partial charge in [0.1, 0.15) is 0 Å². The summed E-state index contributed by atoms with van der Waals surface area (Å²) in [6.07, 6.45) is 0. The quantitative estimate of drug-likeness (QED) is 0.634. The second kappa shape index (κ2) is 3.32. The molecule has 0 aliphatic carbocycles. The lowest BCUT2D eigenvalue weighted by molar-refractivity contribution is 0.205. The van der Waals surface area contributed by atoms with Crippen LogP contribution in [0.15, 0.2) is 0 Å². The lowest BCUT2D eigenvalue weighted by atomic mass is 11.6. The van der Waals surface area contributed by atoms with Crippen LogP contribution in [0.5, 0.6) is 0 Å². The Balaban J connectivity index is 4.13. The van der Waals surface area contributed by atoms with Crippen LogP contribution in [0.1, 0.15) is 0 Å². The Bertz CT molecular complexity index is 131. The van der Waals surface area contributed by atoms with Crippen molar-refractivity contribution in [3.05, 3.63) is 0 Å². The average Bonchev–Trinajstić information content (AvgIpc) is 1.56. The largest absolute Gasteiger partial charge is 0.452 e. The van der Waals surface area contributed by atoms with Gasteiger partial charge in [0, 0.05) is 0 Å². The van der Waals surface area contributed by atoms with Gasteiger partial charge in [-0.3, -0.25) is 0 Å². The topological polar surface area (TPSA) is 9.23 Å². The summed E-state index contributed by atoms with van der Waals surface area (Å²) in [6.45, 7) is 8.93. The predicted octanol–water partition coefficient (Wildman–Crippen LogP) is 2.85. The van der Waals surface area contributed by atoms with Crippen molar-refractivity contribution in [2.45, 2.75) is 38.8 Å². The monoisotopic (exact) mass is 198 g/mol. The number of halogens is 2. The predicted molar refractivity (Wildman–Crippen MR) is 47.9 cm³/mol. The molecule has 0 fully saturated rings. The van der Waals surface area contributed by atoms with Gasteiger partial charge in [-0.25, -0.2) is 8.78 Å². The summed E-state index contributed by atoms with van der Waals surface area (Å²) < 4.78 is 30.0. The van der Waals surface area contributed by atoms with Gasteiger partial charge in [-0.1, -0.05) is 0 Å². The van der Waals surface area contributed by atoms with E-state index in [1.807, 2.05) is 19.6 Å². The van der Waals surface area contributed by atoms with Crippen LogP contribution in [0.4, 0.5) is 8.78 Å². The van der Waals surface area contributed by atoms with Crippen LogP contribution in [-0.2, 0) is 4.12 Å². The summed E-state index contributed by atoms with van der Waals surface area (Å²) >= 11 is 0. The minimum Gasteiger partial charge on any atom is -0.452 e. The first-order chi connectivity index (χ1) is 4.65. The highest BCUT2D eigenvalue weighted by Crippen LogP contribution is 2.20. The van der Waals surface area contributed by atoms with Crippen LogP contribution in [0.3, 0.4) is 0 Å². The van der Waals surface area contributed by atoms with Crippen LogP contribution >= 0.6 is 0 Å². The van der Waals surface area contributed by atoms with Gasteiger partial charge < -0.3 is 4.12 Å². The van der Waals surface area contributed by atoms with Gasteiger partial charge in [0.2, 0.25) is 14.4 Å². The van der Waals surface area contributed by atoms with Crippen molar-refractivity contribution in [2.75, 3.05) is 0 Å².